The number of amides is 2. The van der Waals surface area contributed by atoms with E-state index in [2.05, 4.69) is 11.9 Å². The summed E-state index contributed by atoms with van der Waals surface area (Å²) in [6.45, 7) is 3.22. The molecule has 0 aromatic heterocycles. The minimum atomic E-state index is -1.09. The molecule has 0 aliphatic carbocycles. The van der Waals surface area contributed by atoms with Gasteiger partial charge in [0.25, 0.3) is 0 Å². The molecule has 0 unspecified atom stereocenters. The van der Waals surface area contributed by atoms with Gasteiger partial charge in [-0.25, -0.2) is 4.79 Å². The van der Waals surface area contributed by atoms with Gasteiger partial charge in [-0.15, -0.1) is 6.58 Å². The van der Waals surface area contributed by atoms with E-state index in [0.29, 0.717) is 10.7 Å². The molecular formula is C12H13ClN2O3. The average Bonchev–Trinajstić information content (AvgIpc) is 2.31. The van der Waals surface area contributed by atoms with Crippen LogP contribution in [-0.2, 0) is 4.79 Å². The zero-order valence-corrected chi connectivity index (χ0v) is 10.4. The van der Waals surface area contributed by atoms with E-state index in [0.717, 1.165) is 4.90 Å². The van der Waals surface area contributed by atoms with Gasteiger partial charge in [0.15, 0.2) is 0 Å². The molecule has 0 atom stereocenters. The lowest BCUT2D eigenvalue weighted by Crippen LogP contribution is -2.38. The van der Waals surface area contributed by atoms with Gasteiger partial charge in [-0.3, -0.25) is 4.79 Å². The Kier molecular flexibility index (Phi) is 5.20. The van der Waals surface area contributed by atoms with Gasteiger partial charge >= 0.3 is 12.0 Å². The number of nitrogens with one attached hydrogen (secondary N) is 1. The molecule has 1 aromatic carbocycles. The fraction of sp³-hybridized carbons (Fsp3) is 0.167. The Morgan fingerprint density at radius 1 is 1.44 bits per heavy atom. The first-order valence-electron chi connectivity index (χ1n) is 5.17. The fourth-order valence-corrected chi connectivity index (χ4v) is 1.48. The summed E-state index contributed by atoms with van der Waals surface area (Å²) in [4.78, 5) is 23.6. The predicted octanol–water partition coefficient (Wildman–Crippen LogP) is 2.44. The van der Waals surface area contributed by atoms with E-state index < -0.39 is 18.5 Å². The number of aliphatic carboxylic acids is 1. The van der Waals surface area contributed by atoms with Gasteiger partial charge in [-0.2, -0.15) is 0 Å². The summed E-state index contributed by atoms with van der Waals surface area (Å²) in [7, 11) is 0. The number of para-hydroxylation sites is 1. The Hall–Kier alpha value is -2.01. The van der Waals surface area contributed by atoms with Crippen molar-refractivity contribution in [1.82, 2.24) is 4.90 Å². The highest BCUT2D eigenvalue weighted by Gasteiger charge is 2.16. The maximum absolute atomic E-state index is 11.8. The van der Waals surface area contributed by atoms with Crippen molar-refractivity contribution < 1.29 is 14.7 Å². The second-order valence-electron chi connectivity index (χ2n) is 3.47. The number of carbonyl (C=O) groups is 2. The first-order chi connectivity index (χ1) is 8.54. The molecule has 1 aromatic rings. The number of hydrogen-bond donors (Lipinski definition) is 2. The molecule has 18 heavy (non-hydrogen) atoms. The summed E-state index contributed by atoms with van der Waals surface area (Å²) in [6, 6.07) is 6.18. The third-order valence-electron chi connectivity index (χ3n) is 2.08. The standard InChI is InChI=1S/C12H13ClN2O3/c1-2-7-15(8-11(16)17)12(18)14-10-6-4-3-5-9(10)13/h2-6H,1,7-8H2,(H,14,18)(H,16,17). The quantitative estimate of drug-likeness (QED) is 0.806. The number of carboxylic acids is 1. The molecule has 0 aliphatic heterocycles. The molecule has 0 bridgehead atoms. The largest absolute Gasteiger partial charge is 0.480 e. The van der Waals surface area contributed by atoms with E-state index in [-0.39, 0.29) is 6.54 Å². The molecule has 6 heteroatoms. The summed E-state index contributed by atoms with van der Waals surface area (Å²) in [5.74, 6) is -1.09. The number of urea groups is 1. The van der Waals surface area contributed by atoms with E-state index >= 15 is 0 Å². The van der Waals surface area contributed by atoms with E-state index in [9.17, 15) is 9.59 Å². The minimum absolute atomic E-state index is 0.141. The highest BCUT2D eigenvalue weighted by Crippen LogP contribution is 2.20. The van der Waals surface area contributed by atoms with Crippen LogP contribution in [0.25, 0.3) is 0 Å². The first kappa shape index (κ1) is 14.1. The monoisotopic (exact) mass is 268 g/mol. The Labute approximate surface area is 110 Å². The molecule has 5 nitrogen and oxygen atoms in total. The number of anilines is 1. The van der Waals surface area contributed by atoms with Gasteiger partial charge in [0.2, 0.25) is 0 Å². The van der Waals surface area contributed by atoms with E-state index in [1.54, 1.807) is 24.3 Å². The van der Waals surface area contributed by atoms with Crippen LogP contribution < -0.4 is 5.32 Å². The third kappa shape index (κ3) is 4.10. The molecule has 0 radical (unpaired) electrons. The Morgan fingerprint density at radius 2 is 2.11 bits per heavy atom. The normalized spacial score (nSPS) is 9.61. The number of halogens is 1. The van der Waals surface area contributed by atoms with Gasteiger partial charge < -0.3 is 15.3 Å². The van der Waals surface area contributed by atoms with Crippen molar-refractivity contribution in [2.24, 2.45) is 0 Å². The van der Waals surface area contributed by atoms with Gasteiger partial charge in [0, 0.05) is 6.54 Å². The van der Waals surface area contributed by atoms with Crippen LogP contribution >= 0.6 is 11.6 Å². The van der Waals surface area contributed by atoms with Crippen LogP contribution in [0.3, 0.4) is 0 Å². The minimum Gasteiger partial charge on any atom is -0.480 e. The Bertz CT molecular complexity index is 462. The van der Waals surface area contributed by atoms with Crippen molar-refractivity contribution in [2.75, 3.05) is 18.4 Å². The fourth-order valence-electron chi connectivity index (χ4n) is 1.30. The summed E-state index contributed by atoms with van der Waals surface area (Å²) in [5, 5.41) is 11.6. The number of hydrogen-bond acceptors (Lipinski definition) is 2. The van der Waals surface area contributed by atoms with E-state index in [4.69, 9.17) is 16.7 Å². The molecule has 0 saturated carbocycles. The van der Waals surface area contributed by atoms with Gasteiger partial charge in [-0.1, -0.05) is 29.8 Å². The van der Waals surface area contributed by atoms with Crippen LogP contribution in [-0.4, -0.2) is 35.1 Å². The van der Waals surface area contributed by atoms with Crippen LogP contribution in [0, 0.1) is 0 Å². The van der Waals surface area contributed by atoms with Crippen LogP contribution in [0.2, 0.25) is 5.02 Å². The zero-order valence-electron chi connectivity index (χ0n) is 9.60. The van der Waals surface area contributed by atoms with Crippen LogP contribution in [0.4, 0.5) is 10.5 Å². The molecule has 0 saturated heterocycles. The summed E-state index contributed by atoms with van der Waals surface area (Å²) < 4.78 is 0. The SMILES string of the molecule is C=CCN(CC(=O)O)C(=O)Nc1ccccc1Cl. The molecule has 2 N–H and O–H groups in total. The second kappa shape index (κ2) is 6.66. The van der Waals surface area contributed by atoms with Crippen LogP contribution in [0.1, 0.15) is 0 Å². The number of nitrogens with zero attached hydrogens (tertiary/aromatic N) is 1. The van der Waals surface area contributed by atoms with Crippen molar-refractivity contribution in [2.45, 2.75) is 0 Å². The number of rotatable bonds is 5. The predicted molar refractivity (Wildman–Crippen MR) is 69.9 cm³/mol. The molecule has 0 aliphatic rings. The maximum atomic E-state index is 11.8. The molecule has 0 heterocycles. The van der Waals surface area contributed by atoms with Crippen molar-refractivity contribution in [1.29, 1.82) is 0 Å². The second-order valence-corrected chi connectivity index (χ2v) is 3.88. The number of carboxylic acid groups (broad SMARTS) is 1. The topological polar surface area (TPSA) is 69.6 Å². The smallest absolute Gasteiger partial charge is 0.323 e. The van der Waals surface area contributed by atoms with Gasteiger partial charge in [0.05, 0.1) is 10.7 Å². The molecule has 2 amide bonds. The Morgan fingerprint density at radius 3 is 2.67 bits per heavy atom. The average molecular weight is 269 g/mol. The van der Waals surface area contributed by atoms with Gasteiger partial charge in [-0.05, 0) is 12.1 Å². The summed E-state index contributed by atoms with van der Waals surface area (Å²) >= 11 is 5.89. The molecule has 0 spiro atoms. The molecule has 96 valence electrons. The van der Waals surface area contributed by atoms with Crippen LogP contribution in [0.5, 0.6) is 0 Å². The van der Waals surface area contributed by atoms with E-state index in [1.807, 2.05) is 0 Å². The zero-order chi connectivity index (χ0) is 13.5. The van der Waals surface area contributed by atoms with Crippen molar-refractivity contribution in [3.63, 3.8) is 0 Å². The summed E-state index contributed by atoms with van der Waals surface area (Å²) in [6.07, 6.45) is 1.45. The highest BCUT2D eigenvalue weighted by molar-refractivity contribution is 6.33. The number of benzene rings is 1. The van der Waals surface area contributed by atoms with Crippen molar-refractivity contribution in [3.8, 4) is 0 Å². The lowest BCUT2D eigenvalue weighted by atomic mass is 10.3. The first-order valence-corrected chi connectivity index (χ1v) is 5.55. The highest BCUT2D eigenvalue weighted by atomic mass is 35.5. The molecular weight excluding hydrogens is 256 g/mol. The number of carbonyl (C=O) groups excluding carboxylic acids is 1. The third-order valence-corrected chi connectivity index (χ3v) is 2.41. The van der Waals surface area contributed by atoms with Gasteiger partial charge in [0.1, 0.15) is 6.54 Å². The van der Waals surface area contributed by atoms with Crippen molar-refractivity contribution in [3.05, 3.63) is 41.9 Å². The lowest BCUT2D eigenvalue weighted by molar-refractivity contribution is -0.137. The Balaban J connectivity index is 2.75. The van der Waals surface area contributed by atoms with E-state index in [1.165, 1.54) is 6.08 Å². The van der Waals surface area contributed by atoms with Crippen LogP contribution in [0.15, 0.2) is 36.9 Å². The summed E-state index contributed by atoms with van der Waals surface area (Å²) in [5.41, 5.74) is 0.434. The van der Waals surface area contributed by atoms with Crippen molar-refractivity contribution >= 4 is 29.3 Å². The molecule has 1 rings (SSSR count). The maximum Gasteiger partial charge on any atom is 0.323 e. The molecule has 0 fully saturated rings. The lowest BCUT2D eigenvalue weighted by Gasteiger charge is -2.19.